The first kappa shape index (κ1) is 15.8. The average Bonchev–Trinajstić information content (AvgIpc) is 3.14. The monoisotopic (exact) mass is 353 g/mol. The second-order valence-corrected chi connectivity index (χ2v) is 5.89. The lowest BCUT2D eigenvalue weighted by Crippen LogP contribution is -2.42. The summed E-state index contributed by atoms with van der Waals surface area (Å²) in [5, 5.41) is 7.87. The summed E-state index contributed by atoms with van der Waals surface area (Å²) in [6, 6.07) is 4.15. The summed E-state index contributed by atoms with van der Waals surface area (Å²) in [5.41, 5.74) is -0.527. The van der Waals surface area contributed by atoms with Gasteiger partial charge in [0, 0.05) is 6.54 Å². The summed E-state index contributed by atoms with van der Waals surface area (Å²) in [6.07, 6.45) is 3.35. The molecule has 0 aliphatic carbocycles. The molecule has 1 aromatic heterocycles. The normalized spacial score (nSPS) is 17.5. The van der Waals surface area contributed by atoms with Gasteiger partial charge in [0.1, 0.15) is 5.69 Å². The quantitative estimate of drug-likeness (QED) is 0.613. The highest BCUT2D eigenvalue weighted by Crippen LogP contribution is 2.26. The highest BCUT2D eigenvalue weighted by molar-refractivity contribution is 6.37. The Kier molecular flexibility index (Phi) is 4.23. The van der Waals surface area contributed by atoms with Gasteiger partial charge in [0.2, 0.25) is 0 Å². The molecular weight excluding hydrogens is 341 g/mol. The van der Waals surface area contributed by atoms with Crippen LogP contribution in [0.2, 0.25) is 10.0 Å². The predicted octanol–water partition coefficient (Wildman–Crippen LogP) is 2.35. The summed E-state index contributed by atoms with van der Waals surface area (Å²) in [4.78, 5) is 26.5. The van der Waals surface area contributed by atoms with E-state index >= 15 is 0 Å². The van der Waals surface area contributed by atoms with E-state index in [0.717, 1.165) is 17.5 Å². The summed E-state index contributed by atoms with van der Waals surface area (Å²) in [7, 11) is 0. The van der Waals surface area contributed by atoms with Crippen LogP contribution < -0.4 is 5.69 Å². The molecule has 1 amide bonds. The Morgan fingerprint density at radius 3 is 2.65 bits per heavy atom. The Morgan fingerprint density at radius 1 is 1.30 bits per heavy atom. The molecule has 7 nitrogen and oxygen atoms in total. The lowest BCUT2D eigenvalue weighted by Gasteiger charge is -2.20. The number of benzene rings is 1. The minimum Gasteiger partial charge on any atom is -0.316 e. The second-order valence-electron chi connectivity index (χ2n) is 5.08. The van der Waals surface area contributed by atoms with E-state index in [2.05, 4.69) is 17.0 Å². The number of tetrazole rings is 1. The van der Waals surface area contributed by atoms with E-state index in [1.807, 2.05) is 0 Å². The van der Waals surface area contributed by atoms with Crippen molar-refractivity contribution in [2.24, 2.45) is 0 Å². The van der Waals surface area contributed by atoms with Crippen molar-refractivity contribution in [3.8, 4) is 5.69 Å². The molecule has 1 aromatic carbocycles. The van der Waals surface area contributed by atoms with Crippen LogP contribution in [0.3, 0.4) is 0 Å². The van der Waals surface area contributed by atoms with Gasteiger partial charge in [0.15, 0.2) is 0 Å². The lowest BCUT2D eigenvalue weighted by molar-refractivity contribution is 0.197. The van der Waals surface area contributed by atoms with E-state index in [9.17, 15) is 9.59 Å². The minimum atomic E-state index is -0.722. The Labute approximate surface area is 141 Å². The van der Waals surface area contributed by atoms with Crippen LogP contribution in [-0.4, -0.2) is 43.3 Å². The zero-order valence-electron chi connectivity index (χ0n) is 12.0. The highest BCUT2D eigenvalue weighted by Gasteiger charge is 2.30. The van der Waals surface area contributed by atoms with E-state index in [-0.39, 0.29) is 21.8 Å². The molecule has 2 heterocycles. The molecule has 1 atom stereocenters. The van der Waals surface area contributed by atoms with Gasteiger partial charge in [-0.2, -0.15) is 4.68 Å². The maximum atomic E-state index is 12.5. The number of para-hydroxylation sites is 1. The molecule has 1 saturated heterocycles. The maximum absolute atomic E-state index is 12.5. The lowest BCUT2D eigenvalue weighted by atomic mass is 10.2. The number of rotatable bonds is 2. The molecule has 1 aliphatic rings. The summed E-state index contributed by atoms with van der Waals surface area (Å²) < 4.78 is 1.63. The van der Waals surface area contributed by atoms with Gasteiger partial charge in [-0.15, -0.1) is 11.3 Å². The Morgan fingerprint density at radius 2 is 2.00 bits per heavy atom. The molecular formula is C14H13Cl2N5O2. The molecule has 0 N–H and O–H groups in total. The van der Waals surface area contributed by atoms with Crippen LogP contribution in [0.4, 0.5) is 4.79 Å². The number of carbonyl (C=O) groups excluding carboxylic acids is 1. The Hall–Kier alpha value is -2.12. The molecule has 0 bridgehead atoms. The summed E-state index contributed by atoms with van der Waals surface area (Å²) in [5.74, 6) is 0. The topological polar surface area (TPSA) is 73.0 Å². The Balaban J connectivity index is 2.02. The van der Waals surface area contributed by atoms with Crippen LogP contribution in [0.15, 0.2) is 35.6 Å². The van der Waals surface area contributed by atoms with Crippen molar-refractivity contribution in [1.82, 2.24) is 24.7 Å². The highest BCUT2D eigenvalue weighted by atomic mass is 35.5. The average molecular weight is 354 g/mol. The number of likely N-dealkylation sites (tertiary alicyclic amines) is 1. The molecule has 23 heavy (non-hydrogen) atoms. The van der Waals surface area contributed by atoms with E-state index in [1.54, 1.807) is 29.2 Å². The number of halogens is 2. The number of nitrogens with zero attached hydrogens (tertiary/aromatic N) is 5. The number of carbonyl (C=O) groups is 1. The fraction of sp³-hybridized carbons (Fsp3) is 0.286. The van der Waals surface area contributed by atoms with Crippen molar-refractivity contribution in [3.63, 3.8) is 0 Å². The first-order valence-electron chi connectivity index (χ1n) is 6.97. The smallest absolute Gasteiger partial charge is 0.316 e. The van der Waals surface area contributed by atoms with Gasteiger partial charge in [-0.25, -0.2) is 9.59 Å². The first-order chi connectivity index (χ1) is 11.0. The molecule has 1 aliphatic heterocycles. The first-order valence-corrected chi connectivity index (χ1v) is 7.73. The van der Waals surface area contributed by atoms with Crippen LogP contribution in [0.1, 0.15) is 12.8 Å². The summed E-state index contributed by atoms with van der Waals surface area (Å²) in [6.45, 7) is 4.25. The molecule has 1 fully saturated rings. The largest absolute Gasteiger partial charge is 0.377 e. The zero-order valence-corrected chi connectivity index (χ0v) is 13.5. The summed E-state index contributed by atoms with van der Waals surface area (Å²) >= 11 is 12.1. The van der Waals surface area contributed by atoms with Crippen molar-refractivity contribution in [3.05, 3.63) is 51.4 Å². The van der Waals surface area contributed by atoms with Crippen molar-refractivity contribution in [2.75, 3.05) is 6.54 Å². The van der Waals surface area contributed by atoms with Crippen LogP contribution in [0.5, 0.6) is 0 Å². The van der Waals surface area contributed by atoms with Gasteiger partial charge in [-0.1, -0.05) is 35.3 Å². The number of hydrogen-bond donors (Lipinski definition) is 0. The van der Waals surface area contributed by atoms with Gasteiger partial charge in [-0.05, 0) is 35.4 Å². The number of amides is 1. The van der Waals surface area contributed by atoms with Crippen LogP contribution in [-0.2, 0) is 0 Å². The number of hydrogen-bond acceptors (Lipinski definition) is 4. The zero-order chi connectivity index (χ0) is 16.6. The van der Waals surface area contributed by atoms with Crippen molar-refractivity contribution < 1.29 is 4.79 Å². The van der Waals surface area contributed by atoms with Crippen molar-refractivity contribution in [1.29, 1.82) is 0 Å². The van der Waals surface area contributed by atoms with Gasteiger partial charge >= 0.3 is 11.7 Å². The standard InChI is InChI=1S/C14H13Cl2N5O2/c1-2-9-5-4-8-19(9)13(22)21-14(23)20(17-18-21)12-10(15)6-3-7-11(12)16/h2-3,6-7,9H,1,4-5,8H2/t9-/m1/s1. The molecule has 3 rings (SSSR count). The van der Waals surface area contributed by atoms with Crippen molar-refractivity contribution >= 4 is 29.2 Å². The molecule has 9 heteroatoms. The van der Waals surface area contributed by atoms with Gasteiger partial charge in [0.05, 0.1) is 16.1 Å². The van der Waals surface area contributed by atoms with E-state index < -0.39 is 11.7 Å². The maximum Gasteiger partial charge on any atom is 0.377 e. The third-order valence-corrected chi connectivity index (χ3v) is 4.34. The van der Waals surface area contributed by atoms with Gasteiger partial charge in [0.25, 0.3) is 0 Å². The van der Waals surface area contributed by atoms with Crippen molar-refractivity contribution in [2.45, 2.75) is 18.9 Å². The third kappa shape index (κ3) is 2.66. The fourth-order valence-electron chi connectivity index (χ4n) is 2.59. The van der Waals surface area contributed by atoms with Crippen LogP contribution in [0, 0.1) is 0 Å². The SMILES string of the molecule is C=C[C@@H]1CCCN1C(=O)n1nnn(-c2c(Cl)cccc2Cl)c1=O. The van der Waals surface area contributed by atoms with E-state index in [1.165, 1.54) is 0 Å². The minimum absolute atomic E-state index is 0.108. The van der Waals surface area contributed by atoms with E-state index in [0.29, 0.717) is 11.2 Å². The molecule has 0 radical (unpaired) electrons. The number of aromatic nitrogens is 4. The van der Waals surface area contributed by atoms with E-state index in [4.69, 9.17) is 23.2 Å². The third-order valence-electron chi connectivity index (χ3n) is 3.73. The predicted molar refractivity (Wildman–Crippen MR) is 86.4 cm³/mol. The molecule has 0 saturated carbocycles. The van der Waals surface area contributed by atoms with Crippen LogP contribution in [0.25, 0.3) is 5.69 Å². The molecule has 120 valence electrons. The second kappa shape index (κ2) is 6.17. The van der Waals surface area contributed by atoms with Gasteiger partial charge in [-0.3, -0.25) is 0 Å². The molecule has 0 spiro atoms. The van der Waals surface area contributed by atoms with Gasteiger partial charge < -0.3 is 4.90 Å². The van der Waals surface area contributed by atoms with Crippen LogP contribution >= 0.6 is 23.2 Å². The Bertz CT molecular complexity index is 809. The fourth-order valence-corrected chi connectivity index (χ4v) is 3.15. The molecule has 0 unspecified atom stereocenters. The molecule has 2 aromatic rings.